The van der Waals surface area contributed by atoms with E-state index in [4.69, 9.17) is 11.6 Å². The van der Waals surface area contributed by atoms with Crippen LogP contribution in [0.4, 0.5) is 4.39 Å². The molecule has 1 N–H and O–H groups in total. The third kappa shape index (κ3) is 7.34. The number of aromatic nitrogens is 2. The Morgan fingerprint density at radius 2 is 1.75 bits per heavy atom. The molecule has 0 aliphatic carbocycles. The number of aromatic amines is 1. The van der Waals surface area contributed by atoms with Crippen molar-refractivity contribution in [1.29, 1.82) is 0 Å². The normalized spacial score (nSPS) is 12.7. The number of rotatable bonds is 12. The second-order valence-electron chi connectivity index (χ2n) is 9.72. The van der Waals surface area contributed by atoms with Gasteiger partial charge in [-0.2, -0.15) is 5.10 Å². The van der Waals surface area contributed by atoms with Gasteiger partial charge in [-0.3, -0.25) is 9.89 Å². The maximum absolute atomic E-state index is 13.9. The largest absolute Gasteiger partial charge is 0.294 e. The van der Waals surface area contributed by atoms with Crippen LogP contribution in [0.2, 0.25) is 5.02 Å². The van der Waals surface area contributed by atoms with Gasteiger partial charge in [-0.1, -0.05) is 80.8 Å². The maximum atomic E-state index is 13.9. The molecule has 5 nitrogen and oxygen atoms in total. The van der Waals surface area contributed by atoms with Gasteiger partial charge in [0.15, 0.2) is 15.6 Å². The van der Waals surface area contributed by atoms with E-state index < -0.39 is 27.2 Å². The lowest BCUT2D eigenvalue weighted by Crippen LogP contribution is -2.17. The summed E-state index contributed by atoms with van der Waals surface area (Å²) in [6.07, 6.45) is 7.69. The van der Waals surface area contributed by atoms with Crippen LogP contribution in [0.25, 0.3) is 28.1 Å². The van der Waals surface area contributed by atoms with Gasteiger partial charge in [-0.25, -0.2) is 12.8 Å². The minimum Gasteiger partial charge on any atom is -0.294 e. The molecule has 0 spiro atoms. The lowest BCUT2D eigenvalue weighted by Gasteiger charge is -2.18. The zero-order valence-corrected chi connectivity index (χ0v) is 24.2. The SMILES string of the molecule is CCCCCS(=O)(=O)CC(=O)/C=C/c1ccc(/C(=C(/CC)c2ccc(F)cc2Cl)c2ccc3[nH]ncc3c2)cc1. The van der Waals surface area contributed by atoms with Gasteiger partial charge < -0.3 is 0 Å². The first-order chi connectivity index (χ1) is 19.2. The van der Waals surface area contributed by atoms with E-state index in [1.165, 1.54) is 18.2 Å². The number of unbranched alkanes of at least 4 members (excludes halogenated alkanes) is 2. The van der Waals surface area contributed by atoms with Gasteiger partial charge in [0.2, 0.25) is 0 Å². The Morgan fingerprint density at radius 1 is 1.00 bits per heavy atom. The molecule has 0 saturated carbocycles. The summed E-state index contributed by atoms with van der Waals surface area (Å²) in [6, 6.07) is 18.1. The van der Waals surface area contributed by atoms with Crippen molar-refractivity contribution in [3.05, 3.63) is 106 Å². The van der Waals surface area contributed by atoms with Crippen molar-refractivity contribution in [3.8, 4) is 0 Å². The second kappa shape index (κ2) is 13.2. The fourth-order valence-electron chi connectivity index (χ4n) is 4.71. The summed E-state index contributed by atoms with van der Waals surface area (Å²) >= 11 is 6.50. The number of ketones is 1. The van der Waals surface area contributed by atoms with E-state index in [1.807, 2.05) is 50.2 Å². The zero-order chi connectivity index (χ0) is 28.7. The summed E-state index contributed by atoms with van der Waals surface area (Å²) in [5.74, 6) is -1.28. The Morgan fingerprint density at radius 3 is 2.45 bits per heavy atom. The van der Waals surface area contributed by atoms with Crippen molar-refractivity contribution in [2.45, 2.75) is 39.5 Å². The van der Waals surface area contributed by atoms with Crippen molar-refractivity contribution in [2.75, 3.05) is 11.5 Å². The van der Waals surface area contributed by atoms with Crippen molar-refractivity contribution in [2.24, 2.45) is 0 Å². The topological polar surface area (TPSA) is 79.9 Å². The number of hydrogen-bond acceptors (Lipinski definition) is 4. The predicted molar refractivity (Wildman–Crippen MR) is 162 cm³/mol. The number of H-pyrrole nitrogens is 1. The molecule has 1 heterocycles. The maximum Gasteiger partial charge on any atom is 0.170 e. The number of hydrogen-bond donors (Lipinski definition) is 1. The third-order valence-electron chi connectivity index (χ3n) is 6.72. The molecule has 4 aromatic rings. The molecular formula is C32H32ClFN2O3S. The quantitative estimate of drug-likeness (QED) is 0.105. The lowest BCUT2D eigenvalue weighted by atomic mass is 9.87. The van der Waals surface area contributed by atoms with E-state index in [0.717, 1.165) is 57.1 Å². The molecule has 0 aliphatic heterocycles. The first-order valence-corrected chi connectivity index (χ1v) is 15.5. The van der Waals surface area contributed by atoms with Gasteiger partial charge in [0, 0.05) is 5.39 Å². The molecule has 0 amide bonds. The fraction of sp³-hybridized carbons (Fsp3) is 0.250. The molecule has 1 aromatic heterocycles. The number of fused-ring (bicyclic) bond motifs is 1. The Kier molecular flexibility index (Phi) is 9.71. The summed E-state index contributed by atoms with van der Waals surface area (Å²) in [7, 11) is -3.41. The van der Waals surface area contributed by atoms with Gasteiger partial charge in [-0.05, 0) is 76.6 Å². The number of benzene rings is 3. The van der Waals surface area contributed by atoms with Gasteiger partial charge in [0.05, 0.1) is 22.5 Å². The van der Waals surface area contributed by atoms with Crippen molar-refractivity contribution in [1.82, 2.24) is 10.2 Å². The molecule has 0 unspecified atom stereocenters. The highest BCUT2D eigenvalue weighted by molar-refractivity contribution is 7.92. The molecule has 3 aromatic carbocycles. The number of nitrogens with one attached hydrogen (secondary N) is 1. The average molecular weight is 579 g/mol. The van der Waals surface area contributed by atoms with Crippen LogP contribution in [0.5, 0.6) is 0 Å². The van der Waals surface area contributed by atoms with Crippen LogP contribution in [0.1, 0.15) is 61.8 Å². The Labute approximate surface area is 239 Å². The van der Waals surface area contributed by atoms with E-state index in [-0.39, 0.29) is 5.75 Å². The van der Waals surface area contributed by atoms with Crippen LogP contribution >= 0.6 is 11.6 Å². The molecule has 40 heavy (non-hydrogen) atoms. The molecule has 0 atom stereocenters. The van der Waals surface area contributed by atoms with Crippen LogP contribution in [-0.4, -0.2) is 35.9 Å². The van der Waals surface area contributed by atoms with E-state index >= 15 is 0 Å². The molecule has 0 radical (unpaired) electrons. The van der Waals surface area contributed by atoms with Gasteiger partial charge >= 0.3 is 0 Å². The summed E-state index contributed by atoms with van der Waals surface area (Å²) in [6.45, 7) is 4.04. The summed E-state index contributed by atoms with van der Waals surface area (Å²) in [5, 5.41) is 8.39. The Bertz CT molecular complexity index is 1670. The number of carbonyl (C=O) groups is 1. The number of sulfone groups is 1. The highest BCUT2D eigenvalue weighted by atomic mass is 35.5. The molecule has 8 heteroatoms. The van der Waals surface area contributed by atoms with Crippen LogP contribution in [0.3, 0.4) is 0 Å². The van der Waals surface area contributed by atoms with Gasteiger partial charge in [0.25, 0.3) is 0 Å². The minimum absolute atomic E-state index is 0.0344. The molecule has 0 fully saturated rings. The molecule has 4 rings (SSSR count). The first-order valence-electron chi connectivity index (χ1n) is 13.3. The van der Waals surface area contributed by atoms with Gasteiger partial charge in [-0.15, -0.1) is 0 Å². The van der Waals surface area contributed by atoms with E-state index in [9.17, 15) is 17.6 Å². The molecule has 208 valence electrons. The third-order valence-corrected chi connectivity index (χ3v) is 8.67. The highest BCUT2D eigenvalue weighted by Crippen LogP contribution is 2.38. The zero-order valence-electron chi connectivity index (χ0n) is 22.6. The number of nitrogens with zero attached hydrogens (tertiary/aromatic N) is 1. The Hall–Kier alpha value is -3.55. The monoisotopic (exact) mass is 578 g/mol. The standard InChI is InChI=1S/C32H32ClFN2O3S/c1-3-5-6-17-40(38,39)21-27(37)14-9-22-7-10-23(11-8-22)32(24-12-16-31-25(18-24)20-35-36-31)28(4-2)29-15-13-26(34)19-30(29)33/h7-16,18-20H,3-6,17,21H2,1-2H3,(H,35,36)/b14-9+,32-28+. The van der Waals surface area contributed by atoms with Crippen molar-refractivity contribution in [3.63, 3.8) is 0 Å². The van der Waals surface area contributed by atoms with Crippen molar-refractivity contribution < 1.29 is 17.6 Å². The molecule has 0 aliphatic rings. The number of carbonyl (C=O) groups excluding carboxylic acids is 1. The van der Waals surface area contributed by atoms with Crippen molar-refractivity contribution >= 4 is 55.3 Å². The van der Waals surface area contributed by atoms with E-state index in [1.54, 1.807) is 18.3 Å². The van der Waals surface area contributed by atoms with Crippen LogP contribution < -0.4 is 0 Å². The highest BCUT2D eigenvalue weighted by Gasteiger charge is 2.17. The van der Waals surface area contributed by atoms with E-state index in [2.05, 4.69) is 16.3 Å². The molecule has 0 saturated heterocycles. The smallest absolute Gasteiger partial charge is 0.170 e. The Balaban J connectivity index is 1.68. The van der Waals surface area contributed by atoms with E-state index in [0.29, 0.717) is 17.9 Å². The summed E-state index contributed by atoms with van der Waals surface area (Å²) in [4.78, 5) is 12.3. The number of allylic oxidation sites excluding steroid dienone is 2. The molecular weight excluding hydrogens is 547 g/mol. The second-order valence-corrected chi connectivity index (χ2v) is 12.3. The fourth-order valence-corrected chi connectivity index (χ4v) is 6.31. The van der Waals surface area contributed by atoms with Crippen LogP contribution in [0.15, 0.2) is 72.9 Å². The average Bonchev–Trinajstić information content (AvgIpc) is 3.39. The van der Waals surface area contributed by atoms with Crippen LogP contribution in [-0.2, 0) is 14.6 Å². The minimum atomic E-state index is -3.41. The lowest BCUT2D eigenvalue weighted by molar-refractivity contribution is -0.112. The summed E-state index contributed by atoms with van der Waals surface area (Å²) < 4.78 is 38.3. The summed E-state index contributed by atoms with van der Waals surface area (Å²) in [5.41, 5.74) is 6.22. The van der Waals surface area contributed by atoms with Crippen LogP contribution in [0, 0.1) is 5.82 Å². The van der Waals surface area contributed by atoms with Gasteiger partial charge in [0.1, 0.15) is 11.6 Å². The number of halogens is 2. The predicted octanol–water partition coefficient (Wildman–Crippen LogP) is 7.91. The first kappa shape index (κ1) is 29.4. The molecule has 0 bridgehead atoms.